The second-order valence-corrected chi connectivity index (χ2v) is 4.80. The maximum atomic E-state index is 5.66. The fraction of sp³-hybridized carbons (Fsp3) is 0.188. The van der Waals surface area contributed by atoms with E-state index < -0.39 is 0 Å². The van der Waals surface area contributed by atoms with Gasteiger partial charge in [0.25, 0.3) is 0 Å². The summed E-state index contributed by atoms with van der Waals surface area (Å²) in [6, 6.07) is 13.8. The average molecular weight is 280 g/mol. The molecule has 3 aromatic rings. The molecule has 2 heterocycles. The summed E-state index contributed by atoms with van der Waals surface area (Å²) in [5.74, 6) is 1.12. The predicted molar refractivity (Wildman–Crippen MR) is 79.3 cm³/mol. The number of pyridine rings is 1. The molecule has 0 saturated carbocycles. The van der Waals surface area contributed by atoms with Gasteiger partial charge in [-0.1, -0.05) is 23.8 Å². The van der Waals surface area contributed by atoms with Crippen LogP contribution in [0.15, 0.2) is 53.1 Å². The standard InChI is InChI=1S/C16H16N4O/c1-12-5-4-6-13(9-12)16-20-19-15(21-16)11-17-10-14-7-2-3-8-18-14/h2-9,17H,10-11H2,1H3. The van der Waals surface area contributed by atoms with Gasteiger partial charge < -0.3 is 9.73 Å². The average Bonchev–Trinajstić information content (AvgIpc) is 2.97. The van der Waals surface area contributed by atoms with E-state index in [2.05, 4.69) is 20.5 Å². The van der Waals surface area contributed by atoms with Gasteiger partial charge in [-0.15, -0.1) is 10.2 Å². The molecule has 0 radical (unpaired) electrons. The number of benzene rings is 1. The Labute approximate surface area is 123 Å². The van der Waals surface area contributed by atoms with E-state index in [4.69, 9.17) is 4.42 Å². The summed E-state index contributed by atoms with van der Waals surface area (Å²) >= 11 is 0. The molecule has 2 aromatic heterocycles. The summed E-state index contributed by atoms with van der Waals surface area (Å²) in [5, 5.41) is 11.4. The largest absolute Gasteiger partial charge is 0.419 e. The lowest BCUT2D eigenvalue weighted by molar-refractivity contribution is 0.476. The van der Waals surface area contributed by atoms with Gasteiger partial charge >= 0.3 is 0 Å². The molecule has 0 atom stereocenters. The van der Waals surface area contributed by atoms with Crippen molar-refractivity contribution in [3.63, 3.8) is 0 Å². The molecule has 1 N–H and O–H groups in total. The molecular formula is C16H16N4O. The molecule has 1 aromatic carbocycles. The first kappa shape index (κ1) is 13.5. The molecule has 0 saturated heterocycles. The second-order valence-electron chi connectivity index (χ2n) is 4.80. The minimum Gasteiger partial charge on any atom is -0.419 e. The van der Waals surface area contributed by atoms with Crippen molar-refractivity contribution < 1.29 is 4.42 Å². The van der Waals surface area contributed by atoms with Gasteiger partial charge in [0, 0.05) is 18.3 Å². The van der Waals surface area contributed by atoms with E-state index in [1.54, 1.807) is 6.20 Å². The molecule has 106 valence electrons. The zero-order valence-electron chi connectivity index (χ0n) is 11.8. The van der Waals surface area contributed by atoms with E-state index in [-0.39, 0.29) is 0 Å². The lowest BCUT2D eigenvalue weighted by Gasteiger charge is -2.00. The molecule has 0 aliphatic carbocycles. The molecule has 0 fully saturated rings. The van der Waals surface area contributed by atoms with Crippen LogP contribution in [0, 0.1) is 6.92 Å². The van der Waals surface area contributed by atoms with Gasteiger partial charge in [-0.25, -0.2) is 0 Å². The first-order valence-corrected chi connectivity index (χ1v) is 6.81. The van der Waals surface area contributed by atoms with Crippen molar-refractivity contribution in [2.75, 3.05) is 0 Å². The Kier molecular flexibility index (Phi) is 4.02. The van der Waals surface area contributed by atoms with Crippen molar-refractivity contribution in [3.8, 4) is 11.5 Å². The van der Waals surface area contributed by atoms with Crippen LogP contribution in [-0.2, 0) is 13.1 Å². The van der Waals surface area contributed by atoms with E-state index in [0.29, 0.717) is 24.9 Å². The number of nitrogens with zero attached hydrogens (tertiary/aromatic N) is 3. The minimum absolute atomic E-state index is 0.523. The van der Waals surface area contributed by atoms with Crippen LogP contribution in [0.4, 0.5) is 0 Å². The summed E-state index contributed by atoms with van der Waals surface area (Å²) in [6.45, 7) is 3.23. The highest BCUT2D eigenvalue weighted by molar-refractivity contribution is 5.53. The molecular weight excluding hydrogens is 264 g/mol. The third kappa shape index (κ3) is 3.52. The highest BCUT2D eigenvalue weighted by Gasteiger charge is 2.08. The first-order chi connectivity index (χ1) is 10.3. The Hall–Kier alpha value is -2.53. The Balaban J connectivity index is 1.60. The summed E-state index contributed by atoms with van der Waals surface area (Å²) in [6.07, 6.45) is 1.78. The van der Waals surface area contributed by atoms with Crippen LogP contribution in [0.5, 0.6) is 0 Å². The van der Waals surface area contributed by atoms with Crippen molar-refractivity contribution in [3.05, 3.63) is 65.8 Å². The summed E-state index contributed by atoms with van der Waals surface area (Å²) in [4.78, 5) is 4.24. The Morgan fingerprint density at radius 3 is 2.81 bits per heavy atom. The van der Waals surface area contributed by atoms with Crippen LogP contribution in [0.2, 0.25) is 0 Å². The van der Waals surface area contributed by atoms with Crippen LogP contribution in [0.1, 0.15) is 17.1 Å². The Morgan fingerprint density at radius 1 is 1.05 bits per heavy atom. The predicted octanol–water partition coefficient (Wildman–Crippen LogP) is 2.73. The quantitative estimate of drug-likeness (QED) is 0.778. The van der Waals surface area contributed by atoms with Crippen molar-refractivity contribution >= 4 is 0 Å². The molecule has 0 aliphatic heterocycles. The zero-order valence-corrected chi connectivity index (χ0v) is 11.8. The van der Waals surface area contributed by atoms with Crippen molar-refractivity contribution in [1.82, 2.24) is 20.5 Å². The topological polar surface area (TPSA) is 63.8 Å². The van der Waals surface area contributed by atoms with E-state index >= 15 is 0 Å². The van der Waals surface area contributed by atoms with E-state index in [1.807, 2.05) is 49.4 Å². The summed E-state index contributed by atoms with van der Waals surface area (Å²) in [7, 11) is 0. The molecule has 5 heteroatoms. The fourth-order valence-electron chi connectivity index (χ4n) is 2.02. The fourth-order valence-corrected chi connectivity index (χ4v) is 2.02. The first-order valence-electron chi connectivity index (χ1n) is 6.81. The van der Waals surface area contributed by atoms with Crippen LogP contribution >= 0.6 is 0 Å². The third-order valence-corrected chi connectivity index (χ3v) is 3.04. The molecule has 0 unspecified atom stereocenters. The maximum absolute atomic E-state index is 5.66. The second kappa shape index (κ2) is 6.28. The molecule has 0 bridgehead atoms. The molecule has 5 nitrogen and oxygen atoms in total. The van der Waals surface area contributed by atoms with Gasteiger partial charge in [0.15, 0.2) is 0 Å². The van der Waals surface area contributed by atoms with Gasteiger partial charge in [0.05, 0.1) is 12.2 Å². The van der Waals surface area contributed by atoms with Gasteiger partial charge in [-0.3, -0.25) is 4.98 Å². The summed E-state index contributed by atoms with van der Waals surface area (Å²) in [5.41, 5.74) is 3.09. The maximum Gasteiger partial charge on any atom is 0.247 e. The molecule has 0 aliphatic rings. The monoisotopic (exact) mass is 280 g/mol. The van der Waals surface area contributed by atoms with Crippen molar-refractivity contribution in [1.29, 1.82) is 0 Å². The zero-order chi connectivity index (χ0) is 14.5. The van der Waals surface area contributed by atoms with Crippen LogP contribution < -0.4 is 5.32 Å². The Morgan fingerprint density at radius 2 is 2.00 bits per heavy atom. The van der Waals surface area contributed by atoms with Gasteiger partial charge in [0.2, 0.25) is 11.8 Å². The number of nitrogens with one attached hydrogen (secondary N) is 1. The van der Waals surface area contributed by atoms with Crippen LogP contribution in [0.3, 0.4) is 0 Å². The lowest BCUT2D eigenvalue weighted by Crippen LogP contribution is -2.13. The third-order valence-electron chi connectivity index (χ3n) is 3.04. The molecule has 21 heavy (non-hydrogen) atoms. The highest BCUT2D eigenvalue weighted by atomic mass is 16.4. The van der Waals surface area contributed by atoms with Gasteiger partial charge in [-0.05, 0) is 31.2 Å². The van der Waals surface area contributed by atoms with E-state index in [1.165, 1.54) is 5.56 Å². The Bertz CT molecular complexity index is 709. The number of aryl methyl sites for hydroxylation is 1. The van der Waals surface area contributed by atoms with Gasteiger partial charge in [0.1, 0.15) is 0 Å². The number of aromatic nitrogens is 3. The summed E-state index contributed by atoms with van der Waals surface area (Å²) < 4.78 is 5.66. The van der Waals surface area contributed by atoms with Crippen LogP contribution in [0.25, 0.3) is 11.5 Å². The van der Waals surface area contributed by atoms with E-state index in [0.717, 1.165) is 11.3 Å². The normalized spacial score (nSPS) is 10.7. The van der Waals surface area contributed by atoms with Crippen molar-refractivity contribution in [2.45, 2.75) is 20.0 Å². The van der Waals surface area contributed by atoms with E-state index in [9.17, 15) is 0 Å². The number of rotatable bonds is 5. The smallest absolute Gasteiger partial charge is 0.247 e. The number of hydrogen-bond acceptors (Lipinski definition) is 5. The SMILES string of the molecule is Cc1cccc(-c2nnc(CNCc3ccccn3)o2)c1. The van der Waals surface area contributed by atoms with Gasteiger partial charge in [-0.2, -0.15) is 0 Å². The van der Waals surface area contributed by atoms with Crippen molar-refractivity contribution in [2.24, 2.45) is 0 Å². The molecule has 0 amide bonds. The molecule has 0 spiro atoms. The lowest BCUT2D eigenvalue weighted by atomic mass is 10.1. The minimum atomic E-state index is 0.523. The molecule has 3 rings (SSSR count). The highest BCUT2D eigenvalue weighted by Crippen LogP contribution is 2.18. The van der Waals surface area contributed by atoms with Crippen LogP contribution in [-0.4, -0.2) is 15.2 Å². The number of hydrogen-bond donors (Lipinski definition) is 1.